The van der Waals surface area contributed by atoms with Crippen molar-refractivity contribution in [2.75, 3.05) is 45.7 Å². The van der Waals surface area contributed by atoms with Crippen LogP contribution in [0.3, 0.4) is 0 Å². The van der Waals surface area contributed by atoms with Gasteiger partial charge in [0.15, 0.2) is 5.96 Å². The van der Waals surface area contributed by atoms with Gasteiger partial charge in [-0.1, -0.05) is 24.3 Å². The van der Waals surface area contributed by atoms with Gasteiger partial charge >= 0.3 is 0 Å². The fourth-order valence-electron chi connectivity index (χ4n) is 2.71. The number of anilines is 1. The number of halogens is 1. The molecule has 144 valence electrons. The van der Waals surface area contributed by atoms with E-state index < -0.39 is 0 Å². The number of likely N-dealkylation sites (N-methyl/N-ethyl adjacent to an activating group) is 1. The van der Waals surface area contributed by atoms with Crippen molar-refractivity contribution >= 4 is 47.0 Å². The summed E-state index contributed by atoms with van der Waals surface area (Å²) in [4.78, 5) is 10.3. The topological polar surface area (TPSA) is 30.9 Å². The highest BCUT2D eigenvalue weighted by molar-refractivity contribution is 14.0. The minimum absolute atomic E-state index is 0. The maximum Gasteiger partial charge on any atom is 0.193 e. The van der Waals surface area contributed by atoms with Crippen LogP contribution in [0.5, 0.6) is 0 Å². The molecule has 6 heteroatoms. The number of nitrogens with zero attached hydrogens (tertiary/aromatic N) is 3. The summed E-state index contributed by atoms with van der Waals surface area (Å²) in [5, 5.41) is 5.61. The van der Waals surface area contributed by atoms with Gasteiger partial charge < -0.3 is 15.1 Å². The lowest BCUT2D eigenvalue weighted by molar-refractivity contribution is 0.484. The van der Waals surface area contributed by atoms with E-state index in [9.17, 15) is 0 Å². The highest BCUT2D eigenvalue weighted by atomic mass is 127. The zero-order valence-corrected chi connectivity index (χ0v) is 19.2. The Bertz CT molecular complexity index is 616. The van der Waals surface area contributed by atoms with Crippen molar-refractivity contribution in [3.63, 3.8) is 0 Å². The van der Waals surface area contributed by atoms with Crippen LogP contribution in [-0.2, 0) is 6.42 Å². The molecule has 0 fully saturated rings. The predicted molar refractivity (Wildman–Crippen MR) is 126 cm³/mol. The van der Waals surface area contributed by atoms with E-state index in [2.05, 4.69) is 82.0 Å². The average Bonchev–Trinajstić information content (AvgIpc) is 3.17. The second kappa shape index (κ2) is 13.0. The van der Waals surface area contributed by atoms with E-state index in [0.717, 1.165) is 44.9 Å². The second-order valence-electron chi connectivity index (χ2n) is 6.19. The molecule has 0 unspecified atom stereocenters. The third-order valence-electron chi connectivity index (χ3n) is 4.25. The molecule has 0 spiro atoms. The van der Waals surface area contributed by atoms with Gasteiger partial charge in [-0.15, -0.1) is 35.3 Å². The van der Waals surface area contributed by atoms with Crippen LogP contribution >= 0.6 is 35.3 Å². The lowest BCUT2D eigenvalue weighted by Crippen LogP contribution is -2.40. The molecule has 0 aliphatic carbocycles. The molecule has 0 radical (unpaired) electrons. The highest BCUT2D eigenvalue weighted by Gasteiger charge is 2.06. The Morgan fingerprint density at radius 1 is 1.04 bits per heavy atom. The summed E-state index contributed by atoms with van der Waals surface area (Å²) in [6.07, 6.45) is 3.36. The molecule has 1 aromatic heterocycles. The number of para-hydroxylation sites is 1. The number of hydrogen-bond acceptors (Lipinski definition) is 3. The number of nitrogens with one attached hydrogen (secondary N) is 1. The lowest BCUT2D eigenvalue weighted by atomic mass is 10.2. The minimum atomic E-state index is 0. The standard InChI is InChI=1S/C20H30N4S.HI/c1-21-20(24(3)16-13-19-12-9-17-25-19)22-14-7-8-15-23(2)18-10-5-4-6-11-18;/h4-6,9-12,17H,7-8,13-16H2,1-3H3,(H,21,22);1H. The first-order chi connectivity index (χ1) is 12.2. The zero-order valence-electron chi connectivity index (χ0n) is 16.0. The first kappa shape index (κ1) is 22.8. The monoisotopic (exact) mass is 486 g/mol. The van der Waals surface area contributed by atoms with Crippen LogP contribution in [0.2, 0.25) is 0 Å². The Hall–Kier alpha value is -1.28. The quantitative estimate of drug-likeness (QED) is 0.248. The number of rotatable bonds is 9. The van der Waals surface area contributed by atoms with E-state index >= 15 is 0 Å². The zero-order chi connectivity index (χ0) is 17.9. The highest BCUT2D eigenvalue weighted by Crippen LogP contribution is 2.11. The smallest absolute Gasteiger partial charge is 0.193 e. The van der Waals surface area contributed by atoms with Crippen molar-refractivity contribution < 1.29 is 0 Å². The number of hydrogen-bond donors (Lipinski definition) is 1. The summed E-state index contributed by atoms with van der Waals surface area (Å²) in [5.74, 6) is 0.980. The molecular weight excluding hydrogens is 455 g/mol. The normalized spacial score (nSPS) is 11.0. The first-order valence-electron chi connectivity index (χ1n) is 8.91. The van der Waals surface area contributed by atoms with E-state index in [-0.39, 0.29) is 24.0 Å². The Balaban J connectivity index is 0.00000338. The van der Waals surface area contributed by atoms with Crippen molar-refractivity contribution in [2.45, 2.75) is 19.3 Å². The average molecular weight is 486 g/mol. The van der Waals surface area contributed by atoms with E-state index in [0.29, 0.717) is 0 Å². The molecule has 1 N–H and O–H groups in total. The lowest BCUT2D eigenvalue weighted by Gasteiger charge is -2.22. The van der Waals surface area contributed by atoms with Crippen LogP contribution in [0.1, 0.15) is 17.7 Å². The van der Waals surface area contributed by atoms with E-state index in [4.69, 9.17) is 0 Å². The third-order valence-corrected chi connectivity index (χ3v) is 5.18. The summed E-state index contributed by atoms with van der Waals surface area (Å²) >= 11 is 1.82. The van der Waals surface area contributed by atoms with Crippen molar-refractivity contribution in [1.82, 2.24) is 10.2 Å². The molecule has 2 aromatic rings. The minimum Gasteiger partial charge on any atom is -0.375 e. The Labute approximate surface area is 179 Å². The van der Waals surface area contributed by atoms with Crippen LogP contribution in [-0.4, -0.2) is 51.6 Å². The van der Waals surface area contributed by atoms with Crippen molar-refractivity contribution in [3.8, 4) is 0 Å². The number of guanidine groups is 1. The van der Waals surface area contributed by atoms with Gasteiger partial charge in [-0.05, 0) is 42.8 Å². The second-order valence-corrected chi connectivity index (χ2v) is 7.22. The molecular formula is C20H31IN4S. The molecule has 1 heterocycles. The van der Waals surface area contributed by atoms with Crippen molar-refractivity contribution in [3.05, 3.63) is 52.7 Å². The van der Waals surface area contributed by atoms with E-state index in [1.54, 1.807) is 0 Å². The molecule has 0 bridgehead atoms. The van der Waals surface area contributed by atoms with Gasteiger partial charge in [0, 0.05) is 51.3 Å². The third kappa shape index (κ3) is 7.95. The summed E-state index contributed by atoms with van der Waals surface area (Å²) in [6.45, 7) is 3.01. The summed E-state index contributed by atoms with van der Waals surface area (Å²) in [5.41, 5.74) is 1.28. The number of benzene rings is 1. The molecule has 26 heavy (non-hydrogen) atoms. The fraction of sp³-hybridized carbons (Fsp3) is 0.450. The maximum atomic E-state index is 4.39. The Morgan fingerprint density at radius 2 is 1.81 bits per heavy atom. The van der Waals surface area contributed by atoms with Gasteiger partial charge in [-0.2, -0.15) is 0 Å². The van der Waals surface area contributed by atoms with Crippen LogP contribution in [0, 0.1) is 0 Å². The first-order valence-corrected chi connectivity index (χ1v) is 9.79. The van der Waals surface area contributed by atoms with Gasteiger partial charge in [-0.25, -0.2) is 0 Å². The molecule has 2 rings (SSSR count). The van der Waals surface area contributed by atoms with E-state index in [1.165, 1.54) is 10.6 Å². The molecule has 0 aliphatic rings. The van der Waals surface area contributed by atoms with Crippen molar-refractivity contribution in [1.29, 1.82) is 0 Å². The molecule has 0 saturated heterocycles. The summed E-state index contributed by atoms with van der Waals surface area (Å²) in [7, 11) is 6.11. The van der Waals surface area contributed by atoms with Gasteiger partial charge in [0.25, 0.3) is 0 Å². The van der Waals surface area contributed by atoms with Gasteiger partial charge in [0.1, 0.15) is 0 Å². The fourth-order valence-corrected chi connectivity index (χ4v) is 3.41. The predicted octanol–water partition coefficient (Wildman–Crippen LogP) is 4.33. The van der Waals surface area contributed by atoms with Gasteiger partial charge in [0.2, 0.25) is 0 Å². The largest absolute Gasteiger partial charge is 0.375 e. The van der Waals surface area contributed by atoms with Crippen molar-refractivity contribution in [2.24, 2.45) is 4.99 Å². The van der Waals surface area contributed by atoms with Crippen LogP contribution in [0.4, 0.5) is 5.69 Å². The molecule has 4 nitrogen and oxygen atoms in total. The number of unbranched alkanes of at least 4 members (excludes halogenated alkanes) is 1. The molecule has 0 aliphatic heterocycles. The maximum absolute atomic E-state index is 4.39. The van der Waals surface area contributed by atoms with Crippen LogP contribution in [0.25, 0.3) is 0 Å². The molecule has 1 aromatic carbocycles. The number of aliphatic imine (C=N–C) groups is 1. The Kier molecular flexibility index (Phi) is 11.4. The summed E-state index contributed by atoms with van der Waals surface area (Å²) in [6, 6.07) is 14.8. The SMILES string of the molecule is CN=C(NCCCCN(C)c1ccccc1)N(C)CCc1cccs1.I. The number of thiophene rings is 1. The summed E-state index contributed by atoms with van der Waals surface area (Å²) < 4.78 is 0. The van der Waals surface area contributed by atoms with E-state index in [1.807, 2.05) is 18.4 Å². The van der Waals surface area contributed by atoms with Gasteiger partial charge in [0.05, 0.1) is 0 Å². The van der Waals surface area contributed by atoms with Gasteiger partial charge in [-0.3, -0.25) is 4.99 Å². The Morgan fingerprint density at radius 3 is 2.46 bits per heavy atom. The molecule has 0 saturated carbocycles. The van der Waals surface area contributed by atoms with Crippen LogP contribution in [0.15, 0.2) is 52.8 Å². The molecule has 0 atom stereocenters. The molecule has 0 amide bonds. The van der Waals surface area contributed by atoms with Crippen LogP contribution < -0.4 is 10.2 Å².